The Bertz CT molecular complexity index is 440. The Morgan fingerprint density at radius 2 is 2.18 bits per heavy atom. The van der Waals surface area contributed by atoms with Gasteiger partial charge in [-0.15, -0.1) is 0 Å². The quantitative estimate of drug-likeness (QED) is 0.780. The standard InChI is InChI=1S/C11H9BrF3NO/c12-8-3-1-7(2-4-8)10(5-6-10)16-9(17)11(13,14)15/h3,7H,1,5-6H2,(H,16,17). The predicted molar refractivity (Wildman–Crippen MR) is 59.1 cm³/mol. The van der Waals surface area contributed by atoms with E-state index in [1.165, 1.54) is 0 Å². The van der Waals surface area contributed by atoms with Crippen LogP contribution in [-0.4, -0.2) is 17.6 Å². The van der Waals surface area contributed by atoms with Gasteiger partial charge in [0.05, 0.1) is 10.0 Å². The molecule has 2 rings (SSSR count). The van der Waals surface area contributed by atoms with Crippen LogP contribution in [-0.2, 0) is 4.79 Å². The van der Waals surface area contributed by atoms with E-state index in [1.807, 2.05) is 6.08 Å². The minimum atomic E-state index is -4.83. The molecule has 6 heteroatoms. The van der Waals surface area contributed by atoms with Crippen molar-refractivity contribution in [2.24, 2.45) is 5.92 Å². The fourth-order valence-corrected chi connectivity index (χ4v) is 2.14. The summed E-state index contributed by atoms with van der Waals surface area (Å²) in [4.78, 5) is 10.9. The molecule has 0 aromatic heterocycles. The van der Waals surface area contributed by atoms with Crippen LogP contribution in [0.15, 0.2) is 10.6 Å². The number of rotatable bonds is 2. The SMILES string of the molecule is O=C(NC1(C2C#CC(Br)=CC2)CC1)C(F)(F)F. The van der Waals surface area contributed by atoms with Crippen LogP contribution >= 0.6 is 15.9 Å². The Hall–Kier alpha value is -0.960. The van der Waals surface area contributed by atoms with Crippen LogP contribution in [0.1, 0.15) is 19.3 Å². The maximum atomic E-state index is 12.2. The maximum Gasteiger partial charge on any atom is 0.471 e. The molecule has 1 amide bonds. The first kappa shape index (κ1) is 12.5. The molecule has 1 atom stereocenters. The number of carbonyl (C=O) groups excluding carboxylic acids is 1. The second-order valence-corrected chi connectivity index (χ2v) is 5.07. The molecular formula is C11H9BrF3NO. The normalized spacial score (nSPS) is 25.4. The van der Waals surface area contributed by atoms with Gasteiger partial charge in [0.25, 0.3) is 0 Å². The van der Waals surface area contributed by atoms with E-state index in [0.717, 1.165) is 4.48 Å². The van der Waals surface area contributed by atoms with Gasteiger partial charge in [0, 0.05) is 5.92 Å². The third-order valence-electron chi connectivity index (χ3n) is 2.97. The number of halogens is 4. The molecule has 1 saturated carbocycles. The van der Waals surface area contributed by atoms with Crippen molar-refractivity contribution in [1.29, 1.82) is 0 Å². The molecular weight excluding hydrogens is 299 g/mol. The molecule has 92 valence electrons. The van der Waals surface area contributed by atoms with Crippen molar-refractivity contribution in [1.82, 2.24) is 5.32 Å². The van der Waals surface area contributed by atoms with Crippen LogP contribution in [0.5, 0.6) is 0 Å². The third kappa shape index (κ3) is 2.65. The molecule has 0 spiro atoms. The monoisotopic (exact) mass is 307 g/mol. The highest BCUT2D eigenvalue weighted by atomic mass is 79.9. The smallest absolute Gasteiger partial charge is 0.342 e. The van der Waals surface area contributed by atoms with Gasteiger partial charge in [-0.05, 0) is 35.2 Å². The molecule has 2 aliphatic rings. The van der Waals surface area contributed by atoms with Crippen LogP contribution < -0.4 is 5.32 Å². The molecule has 2 aliphatic carbocycles. The second-order valence-electron chi connectivity index (χ2n) is 4.22. The first-order valence-corrected chi connectivity index (χ1v) is 5.89. The molecule has 0 aromatic rings. The van der Waals surface area contributed by atoms with E-state index in [2.05, 4.69) is 33.1 Å². The third-order valence-corrected chi connectivity index (χ3v) is 3.50. The maximum absolute atomic E-state index is 12.2. The summed E-state index contributed by atoms with van der Waals surface area (Å²) in [6, 6.07) is 0. The number of carbonyl (C=O) groups is 1. The molecule has 1 unspecified atom stereocenters. The van der Waals surface area contributed by atoms with Crippen molar-refractivity contribution in [2.75, 3.05) is 0 Å². The molecule has 0 aromatic carbocycles. The average Bonchev–Trinajstić information content (AvgIpc) is 2.98. The van der Waals surface area contributed by atoms with Crippen molar-refractivity contribution in [2.45, 2.75) is 31.0 Å². The lowest BCUT2D eigenvalue weighted by atomic mass is 9.92. The van der Waals surface area contributed by atoms with E-state index >= 15 is 0 Å². The van der Waals surface area contributed by atoms with Crippen LogP contribution in [0, 0.1) is 17.8 Å². The Balaban J connectivity index is 2.04. The summed E-state index contributed by atoms with van der Waals surface area (Å²) in [5.41, 5.74) is -0.774. The molecule has 2 nitrogen and oxygen atoms in total. The van der Waals surface area contributed by atoms with Gasteiger partial charge in [-0.2, -0.15) is 13.2 Å². The number of alkyl halides is 3. The highest BCUT2D eigenvalue weighted by molar-refractivity contribution is 9.12. The molecule has 0 bridgehead atoms. The molecule has 1 N–H and O–H groups in total. The van der Waals surface area contributed by atoms with Crippen LogP contribution in [0.3, 0.4) is 0 Å². The van der Waals surface area contributed by atoms with E-state index in [1.54, 1.807) is 0 Å². The van der Waals surface area contributed by atoms with Crippen molar-refractivity contribution in [3.63, 3.8) is 0 Å². The minimum absolute atomic E-state index is 0.227. The van der Waals surface area contributed by atoms with Crippen molar-refractivity contribution in [3.8, 4) is 11.8 Å². The molecule has 17 heavy (non-hydrogen) atoms. The summed E-state index contributed by atoms with van der Waals surface area (Å²) in [6.07, 6.45) is -1.33. The van der Waals surface area contributed by atoms with Gasteiger partial charge in [0.2, 0.25) is 0 Å². The number of allylic oxidation sites excluding steroid dienone is 2. The number of nitrogens with one attached hydrogen (secondary N) is 1. The van der Waals surface area contributed by atoms with Crippen LogP contribution in [0.4, 0.5) is 13.2 Å². The molecule has 0 saturated heterocycles. The molecule has 0 aliphatic heterocycles. The summed E-state index contributed by atoms with van der Waals surface area (Å²) in [5.74, 6) is 3.57. The van der Waals surface area contributed by atoms with Crippen molar-refractivity contribution >= 4 is 21.8 Å². The van der Waals surface area contributed by atoms with Gasteiger partial charge in [-0.3, -0.25) is 4.79 Å². The Morgan fingerprint density at radius 3 is 2.59 bits per heavy atom. The highest BCUT2D eigenvalue weighted by Gasteiger charge is 2.53. The lowest BCUT2D eigenvalue weighted by molar-refractivity contribution is -0.175. The van der Waals surface area contributed by atoms with Gasteiger partial charge < -0.3 is 5.32 Å². The average molecular weight is 308 g/mol. The molecule has 0 heterocycles. The first-order valence-electron chi connectivity index (χ1n) is 5.10. The zero-order chi connectivity index (χ0) is 12.7. The Morgan fingerprint density at radius 1 is 1.53 bits per heavy atom. The first-order chi connectivity index (χ1) is 7.83. The zero-order valence-corrected chi connectivity index (χ0v) is 10.3. The van der Waals surface area contributed by atoms with E-state index < -0.39 is 17.6 Å². The largest absolute Gasteiger partial charge is 0.471 e. The summed E-state index contributed by atoms with van der Waals surface area (Å²) >= 11 is 3.21. The van der Waals surface area contributed by atoms with Gasteiger partial charge in [0.1, 0.15) is 0 Å². The second kappa shape index (κ2) is 4.05. The van der Waals surface area contributed by atoms with Crippen LogP contribution in [0.25, 0.3) is 0 Å². The molecule has 1 fully saturated rings. The predicted octanol–water partition coefficient (Wildman–Crippen LogP) is 2.50. The van der Waals surface area contributed by atoms with Gasteiger partial charge in [-0.25, -0.2) is 0 Å². The van der Waals surface area contributed by atoms with E-state index in [0.29, 0.717) is 19.3 Å². The number of hydrogen-bond acceptors (Lipinski definition) is 1. The van der Waals surface area contributed by atoms with Gasteiger partial charge in [0.15, 0.2) is 0 Å². The lowest BCUT2D eigenvalue weighted by Crippen LogP contribution is -2.48. The Kier molecular flexibility index (Phi) is 2.98. The fraction of sp³-hybridized carbons (Fsp3) is 0.545. The van der Waals surface area contributed by atoms with Crippen molar-refractivity contribution in [3.05, 3.63) is 10.6 Å². The van der Waals surface area contributed by atoms with E-state index in [4.69, 9.17) is 0 Å². The number of amides is 1. The summed E-state index contributed by atoms with van der Waals surface area (Å²) in [7, 11) is 0. The lowest BCUT2D eigenvalue weighted by Gasteiger charge is -2.24. The summed E-state index contributed by atoms with van der Waals surface area (Å²) in [6.45, 7) is 0. The highest BCUT2D eigenvalue weighted by Crippen LogP contribution is 2.45. The summed E-state index contributed by atoms with van der Waals surface area (Å²) < 4.78 is 37.2. The van der Waals surface area contributed by atoms with Crippen LogP contribution in [0.2, 0.25) is 0 Å². The fourth-order valence-electron chi connectivity index (χ4n) is 1.84. The number of hydrogen-bond donors (Lipinski definition) is 1. The molecule has 0 radical (unpaired) electrons. The zero-order valence-electron chi connectivity index (χ0n) is 8.70. The van der Waals surface area contributed by atoms with Gasteiger partial charge >= 0.3 is 12.1 Å². The Labute approximate surface area is 105 Å². The van der Waals surface area contributed by atoms with E-state index in [-0.39, 0.29) is 5.92 Å². The van der Waals surface area contributed by atoms with Crippen molar-refractivity contribution < 1.29 is 18.0 Å². The topological polar surface area (TPSA) is 29.1 Å². The van der Waals surface area contributed by atoms with Gasteiger partial charge in [-0.1, -0.05) is 17.9 Å². The summed E-state index contributed by atoms with van der Waals surface area (Å²) in [5, 5.41) is 2.08. The minimum Gasteiger partial charge on any atom is -0.342 e. The van der Waals surface area contributed by atoms with E-state index in [9.17, 15) is 18.0 Å².